The lowest BCUT2D eigenvalue weighted by Gasteiger charge is -2.24. The molecule has 4 heteroatoms. The number of fused-ring (bicyclic) bond motifs is 1. The van der Waals surface area contributed by atoms with E-state index in [1.54, 1.807) is 24.9 Å². The van der Waals surface area contributed by atoms with Crippen LogP contribution in [-0.4, -0.2) is 28.6 Å². The summed E-state index contributed by atoms with van der Waals surface area (Å²) in [5.74, 6) is 1.33. The zero-order valence-electron chi connectivity index (χ0n) is 18.6. The number of Topliss-reactive ketones (excluding diaryl/α,β-unsaturated/α-hetero) is 1. The van der Waals surface area contributed by atoms with E-state index in [9.17, 15) is 9.35 Å². The molecule has 0 heterocycles. The number of thioether (sulfide) groups is 1. The van der Waals surface area contributed by atoms with Crippen LogP contribution in [0.25, 0.3) is 17.2 Å². The van der Waals surface area contributed by atoms with E-state index in [-0.39, 0.29) is 17.6 Å². The summed E-state index contributed by atoms with van der Waals surface area (Å²) in [6, 6.07) is 14.5. The van der Waals surface area contributed by atoms with Gasteiger partial charge in [0, 0.05) is 17.6 Å². The minimum absolute atomic E-state index is 0.0195. The van der Waals surface area contributed by atoms with Crippen molar-refractivity contribution in [2.24, 2.45) is 11.8 Å². The molecule has 1 aliphatic rings. The van der Waals surface area contributed by atoms with Gasteiger partial charge in [-0.3, -0.25) is 4.79 Å². The quantitative estimate of drug-likeness (QED) is 0.479. The van der Waals surface area contributed by atoms with Gasteiger partial charge in [-0.15, -0.1) is 0 Å². The number of carbonyl (C=O) groups is 1. The Hall–Kier alpha value is -1.75. The summed E-state index contributed by atoms with van der Waals surface area (Å²) in [6.07, 6.45) is 6.02. The van der Waals surface area contributed by atoms with Crippen LogP contribution in [0.3, 0.4) is 0 Å². The second-order valence-corrected chi connectivity index (χ2v) is 10.4. The molecule has 0 spiro atoms. The van der Waals surface area contributed by atoms with Crippen LogP contribution in [0.2, 0.25) is 0 Å². The number of carbonyl (C=O) groups excluding carboxylic acids is 1. The Kier molecular flexibility index (Phi) is 7.33. The molecule has 2 unspecified atom stereocenters. The lowest BCUT2D eigenvalue weighted by Crippen LogP contribution is -2.22. The maximum absolute atomic E-state index is 12.3. The van der Waals surface area contributed by atoms with Crippen molar-refractivity contribution < 1.29 is 9.35 Å². The lowest BCUT2D eigenvalue weighted by molar-refractivity contribution is -0.120. The summed E-state index contributed by atoms with van der Waals surface area (Å²) in [7, 11) is 0. The van der Waals surface area contributed by atoms with Crippen molar-refractivity contribution in [2.45, 2.75) is 32.6 Å². The molecule has 0 aromatic heterocycles. The normalized spacial score (nSPS) is 17.8. The minimum Gasteiger partial charge on any atom is -0.612 e. The van der Waals surface area contributed by atoms with E-state index in [1.807, 2.05) is 24.3 Å². The van der Waals surface area contributed by atoms with Crippen molar-refractivity contribution in [3.63, 3.8) is 0 Å². The van der Waals surface area contributed by atoms with Gasteiger partial charge in [0.1, 0.15) is 12.0 Å². The molecule has 0 aliphatic heterocycles. The van der Waals surface area contributed by atoms with Crippen molar-refractivity contribution in [3.8, 4) is 0 Å². The fourth-order valence-electron chi connectivity index (χ4n) is 4.19. The number of benzene rings is 2. The molecule has 0 radical (unpaired) electrons. The fraction of sp³-hybridized carbons (Fsp3) is 0.346. The number of hydrogen-bond acceptors (Lipinski definition) is 3. The summed E-state index contributed by atoms with van der Waals surface area (Å²) in [4.78, 5) is 13.1. The van der Waals surface area contributed by atoms with E-state index in [0.29, 0.717) is 0 Å². The third kappa shape index (κ3) is 4.61. The summed E-state index contributed by atoms with van der Waals surface area (Å²) in [6.45, 7) is 8.07. The fourth-order valence-corrected chi connectivity index (χ4v) is 5.53. The van der Waals surface area contributed by atoms with Gasteiger partial charge in [0.2, 0.25) is 0 Å². The van der Waals surface area contributed by atoms with Gasteiger partial charge >= 0.3 is 0 Å². The van der Waals surface area contributed by atoms with E-state index in [4.69, 9.17) is 0 Å². The van der Waals surface area contributed by atoms with E-state index in [1.165, 1.54) is 33.4 Å². The van der Waals surface area contributed by atoms with E-state index >= 15 is 0 Å². The predicted octanol–water partition coefficient (Wildman–Crippen LogP) is 6.26. The first-order chi connectivity index (χ1) is 14.2. The van der Waals surface area contributed by atoms with Crippen LogP contribution in [-0.2, 0) is 16.0 Å². The highest BCUT2D eigenvalue weighted by Crippen LogP contribution is 2.48. The highest BCUT2D eigenvalue weighted by Gasteiger charge is 2.33. The first-order valence-corrected chi connectivity index (χ1v) is 13.2. The Balaban J connectivity index is 2.15. The van der Waals surface area contributed by atoms with Crippen LogP contribution in [0.1, 0.15) is 43.0 Å². The third-order valence-electron chi connectivity index (χ3n) is 6.05. The summed E-state index contributed by atoms with van der Waals surface area (Å²) in [5.41, 5.74) is 8.59. The van der Waals surface area contributed by atoms with Crippen LogP contribution in [0.15, 0.2) is 52.9 Å². The zero-order valence-corrected chi connectivity index (χ0v) is 20.2. The number of allylic oxidation sites excluding steroid dienone is 3. The SMILES string of the molecule is CSCC(C1=C(C)/C(=C/c2ccc([S+](C)[O-])cc2)c2ccc(C)cc21)[C@H](C)C(C)=O. The Morgan fingerprint density at radius 2 is 1.80 bits per heavy atom. The topological polar surface area (TPSA) is 40.1 Å². The highest BCUT2D eigenvalue weighted by molar-refractivity contribution is 7.98. The number of aryl methyl sites for hydroxylation is 1. The molecule has 3 rings (SSSR count). The van der Waals surface area contributed by atoms with Crippen molar-refractivity contribution >= 4 is 45.9 Å². The summed E-state index contributed by atoms with van der Waals surface area (Å²) >= 11 is 0.823. The van der Waals surface area contributed by atoms with E-state index in [0.717, 1.165) is 16.2 Å². The molecule has 30 heavy (non-hydrogen) atoms. The molecule has 3 atom stereocenters. The highest BCUT2D eigenvalue weighted by atomic mass is 32.2. The molecule has 2 nitrogen and oxygen atoms in total. The number of rotatable bonds is 7. The molecule has 2 aromatic carbocycles. The van der Waals surface area contributed by atoms with Gasteiger partial charge in [-0.25, -0.2) is 0 Å². The average molecular weight is 439 g/mol. The van der Waals surface area contributed by atoms with E-state index in [2.05, 4.69) is 51.3 Å². The van der Waals surface area contributed by atoms with Gasteiger partial charge in [-0.2, -0.15) is 11.8 Å². The van der Waals surface area contributed by atoms with Crippen LogP contribution in [0.4, 0.5) is 0 Å². The lowest BCUT2D eigenvalue weighted by atomic mass is 9.82. The average Bonchev–Trinajstić information content (AvgIpc) is 2.96. The van der Waals surface area contributed by atoms with E-state index < -0.39 is 11.2 Å². The Labute approximate surface area is 188 Å². The minimum atomic E-state index is -0.975. The van der Waals surface area contributed by atoms with Gasteiger partial charge in [-0.1, -0.05) is 30.7 Å². The zero-order chi connectivity index (χ0) is 22.0. The van der Waals surface area contributed by atoms with Crippen LogP contribution in [0.5, 0.6) is 0 Å². The van der Waals surface area contributed by atoms with Gasteiger partial charge in [0.25, 0.3) is 0 Å². The van der Waals surface area contributed by atoms with Crippen LogP contribution >= 0.6 is 11.8 Å². The van der Waals surface area contributed by atoms with Gasteiger partial charge in [-0.05, 0) is 102 Å². The Bertz CT molecular complexity index is 1000. The molecule has 0 bridgehead atoms. The molecule has 2 aromatic rings. The number of hydrogen-bond donors (Lipinski definition) is 0. The summed E-state index contributed by atoms with van der Waals surface area (Å²) in [5, 5.41) is 0. The monoisotopic (exact) mass is 438 g/mol. The largest absolute Gasteiger partial charge is 0.612 e. The Morgan fingerprint density at radius 3 is 2.37 bits per heavy atom. The van der Waals surface area contributed by atoms with Crippen molar-refractivity contribution in [1.82, 2.24) is 0 Å². The molecule has 1 aliphatic carbocycles. The first kappa shape index (κ1) is 22.9. The Morgan fingerprint density at radius 1 is 1.13 bits per heavy atom. The van der Waals surface area contributed by atoms with Gasteiger partial charge in [0.05, 0.1) is 0 Å². The predicted molar refractivity (Wildman–Crippen MR) is 132 cm³/mol. The summed E-state index contributed by atoms with van der Waals surface area (Å²) < 4.78 is 11.7. The molecular formula is C26H30O2S2. The first-order valence-electron chi connectivity index (χ1n) is 10.2. The van der Waals surface area contributed by atoms with Crippen LogP contribution in [0, 0.1) is 18.8 Å². The second kappa shape index (κ2) is 9.59. The molecule has 0 fully saturated rings. The van der Waals surface area contributed by atoms with Crippen molar-refractivity contribution in [2.75, 3.05) is 18.3 Å². The molecule has 0 saturated carbocycles. The number of ketones is 1. The maximum Gasteiger partial charge on any atom is 0.152 e. The molecule has 0 saturated heterocycles. The second-order valence-electron chi connectivity index (χ2n) is 8.13. The smallest absolute Gasteiger partial charge is 0.152 e. The van der Waals surface area contributed by atoms with Gasteiger partial charge < -0.3 is 4.55 Å². The molecule has 158 valence electrons. The molecule has 0 amide bonds. The van der Waals surface area contributed by atoms with Crippen LogP contribution < -0.4 is 0 Å². The third-order valence-corrected chi connectivity index (χ3v) is 7.68. The van der Waals surface area contributed by atoms with Crippen molar-refractivity contribution in [1.29, 1.82) is 0 Å². The standard InChI is InChI=1S/C26H30O2S2/c1-16-7-12-22-23(14-20-8-10-21(11-9-20)30(6)28)18(3)26(24(22)13-16)25(15-29-5)17(2)19(4)27/h7-14,17,25H,15H2,1-6H3/b23-14-/t17-,25?,30?/m1/s1. The van der Waals surface area contributed by atoms with Crippen molar-refractivity contribution in [3.05, 3.63) is 70.3 Å². The molecule has 0 N–H and O–H groups in total. The molecular weight excluding hydrogens is 408 g/mol. The van der Waals surface area contributed by atoms with Gasteiger partial charge in [0.15, 0.2) is 4.90 Å². The maximum atomic E-state index is 12.3.